The van der Waals surface area contributed by atoms with Crippen molar-refractivity contribution in [3.8, 4) is 17.2 Å². The van der Waals surface area contributed by atoms with Crippen LogP contribution in [0.1, 0.15) is 5.56 Å². The molecule has 17 heavy (non-hydrogen) atoms. The largest absolute Gasteiger partial charge is 0.496 e. The van der Waals surface area contributed by atoms with Crippen molar-refractivity contribution in [2.24, 2.45) is 0 Å². The minimum Gasteiger partial charge on any atom is -0.496 e. The van der Waals surface area contributed by atoms with Crippen molar-refractivity contribution in [3.63, 3.8) is 0 Å². The highest BCUT2D eigenvalue weighted by atomic mass is 35.7. The van der Waals surface area contributed by atoms with Gasteiger partial charge < -0.3 is 14.2 Å². The highest BCUT2D eigenvalue weighted by Gasteiger charge is 2.18. The summed E-state index contributed by atoms with van der Waals surface area (Å²) in [7, 11) is 5.89. The molecular weight excluding hydrogens is 268 g/mol. The zero-order valence-electron chi connectivity index (χ0n) is 9.69. The van der Waals surface area contributed by atoms with E-state index in [1.807, 2.05) is 0 Å². The Morgan fingerprint density at radius 1 is 1.06 bits per heavy atom. The van der Waals surface area contributed by atoms with E-state index >= 15 is 0 Å². The van der Waals surface area contributed by atoms with E-state index in [4.69, 9.17) is 24.9 Å². The van der Waals surface area contributed by atoms with Crippen LogP contribution in [0.25, 0.3) is 0 Å². The Bertz CT molecular complexity index is 472. The van der Waals surface area contributed by atoms with Gasteiger partial charge in [0.2, 0.25) is 9.05 Å². The van der Waals surface area contributed by atoms with E-state index in [2.05, 4.69) is 0 Å². The number of hydrogen-bond donors (Lipinski definition) is 0. The summed E-state index contributed by atoms with van der Waals surface area (Å²) >= 11 is 0. The molecule has 0 radical (unpaired) electrons. The fourth-order valence-corrected chi connectivity index (χ4v) is 2.35. The van der Waals surface area contributed by atoms with Crippen molar-refractivity contribution in [1.29, 1.82) is 0 Å². The molecule has 0 unspecified atom stereocenters. The lowest BCUT2D eigenvalue weighted by atomic mass is 10.2. The molecule has 0 amide bonds. The predicted octanol–water partition coefficient (Wildman–Crippen LogP) is 1.78. The van der Waals surface area contributed by atoms with Gasteiger partial charge in [-0.2, -0.15) is 0 Å². The second kappa shape index (κ2) is 5.46. The van der Waals surface area contributed by atoms with Gasteiger partial charge in [-0.3, -0.25) is 0 Å². The van der Waals surface area contributed by atoms with Crippen molar-refractivity contribution in [2.75, 3.05) is 21.3 Å². The molecule has 0 spiro atoms. The highest BCUT2D eigenvalue weighted by molar-refractivity contribution is 8.13. The van der Waals surface area contributed by atoms with Crippen LogP contribution < -0.4 is 14.2 Å². The first kappa shape index (κ1) is 13.9. The molecular formula is C10H13ClO5S. The summed E-state index contributed by atoms with van der Waals surface area (Å²) in [4.78, 5) is 0. The second-order valence-electron chi connectivity index (χ2n) is 3.19. The molecule has 5 nitrogen and oxygen atoms in total. The van der Waals surface area contributed by atoms with Crippen LogP contribution in [0.4, 0.5) is 0 Å². The molecule has 0 heterocycles. The Labute approximate surface area is 105 Å². The van der Waals surface area contributed by atoms with Crippen LogP contribution in [0.15, 0.2) is 12.1 Å². The Morgan fingerprint density at radius 3 is 1.82 bits per heavy atom. The molecule has 0 saturated heterocycles. The molecule has 0 aliphatic carbocycles. The van der Waals surface area contributed by atoms with Gasteiger partial charge in [0, 0.05) is 22.8 Å². The number of benzene rings is 1. The lowest BCUT2D eigenvalue weighted by molar-refractivity contribution is 0.370. The second-order valence-corrected chi connectivity index (χ2v) is 5.97. The third kappa shape index (κ3) is 3.67. The molecule has 0 atom stereocenters. The van der Waals surface area contributed by atoms with Crippen LogP contribution >= 0.6 is 10.7 Å². The maximum Gasteiger partial charge on any atom is 0.237 e. The molecule has 0 bridgehead atoms. The van der Waals surface area contributed by atoms with Gasteiger partial charge in [0.25, 0.3) is 0 Å². The minimum absolute atomic E-state index is 0.352. The minimum atomic E-state index is -3.69. The number of hydrogen-bond acceptors (Lipinski definition) is 5. The first-order valence-corrected chi connectivity index (χ1v) is 7.10. The SMILES string of the molecule is COc1cc(OC)c(CS(=O)(=O)Cl)c(OC)c1. The molecule has 7 heteroatoms. The number of halogens is 1. The lowest BCUT2D eigenvalue weighted by Crippen LogP contribution is -2.02. The molecule has 0 fully saturated rings. The summed E-state index contributed by atoms with van der Waals surface area (Å²) in [6, 6.07) is 3.14. The van der Waals surface area contributed by atoms with Crippen molar-refractivity contribution >= 4 is 19.7 Å². The number of methoxy groups -OCH3 is 3. The first-order chi connectivity index (χ1) is 7.91. The quantitative estimate of drug-likeness (QED) is 0.770. The normalized spacial score (nSPS) is 11.1. The first-order valence-electron chi connectivity index (χ1n) is 4.62. The van der Waals surface area contributed by atoms with Crippen LogP contribution in [-0.2, 0) is 14.8 Å². The zero-order valence-corrected chi connectivity index (χ0v) is 11.3. The summed E-state index contributed by atoms with van der Waals surface area (Å²) in [5, 5.41) is 0. The van der Waals surface area contributed by atoms with Gasteiger partial charge in [0.05, 0.1) is 32.6 Å². The fourth-order valence-electron chi connectivity index (χ4n) is 1.39. The van der Waals surface area contributed by atoms with Crippen LogP contribution in [0.2, 0.25) is 0 Å². The fraction of sp³-hybridized carbons (Fsp3) is 0.400. The molecule has 1 aromatic rings. The van der Waals surface area contributed by atoms with E-state index in [0.717, 1.165) is 0 Å². The van der Waals surface area contributed by atoms with E-state index < -0.39 is 9.05 Å². The van der Waals surface area contributed by atoms with Gasteiger partial charge in [-0.05, 0) is 0 Å². The van der Waals surface area contributed by atoms with E-state index in [1.54, 1.807) is 12.1 Å². The van der Waals surface area contributed by atoms with E-state index in [0.29, 0.717) is 22.8 Å². The van der Waals surface area contributed by atoms with Gasteiger partial charge in [0.15, 0.2) is 0 Å². The van der Waals surface area contributed by atoms with Gasteiger partial charge in [-0.15, -0.1) is 0 Å². The van der Waals surface area contributed by atoms with Crippen LogP contribution in [0.5, 0.6) is 17.2 Å². The number of ether oxygens (including phenoxy) is 3. The Hall–Kier alpha value is -1.14. The molecule has 1 rings (SSSR count). The van der Waals surface area contributed by atoms with Gasteiger partial charge in [-0.1, -0.05) is 0 Å². The number of rotatable bonds is 5. The molecule has 0 aromatic heterocycles. The summed E-state index contributed by atoms with van der Waals surface area (Å²) in [6.07, 6.45) is 0. The zero-order chi connectivity index (χ0) is 13.1. The van der Waals surface area contributed by atoms with E-state index in [1.165, 1.54) is 21.3 Å². The molecule has 0 saturated carbocycles. The Kier molecular flexibility index (Phi) is 4.47. The average Bonchev–Trinajstić information content (AvgIpc) is 2.27. The molecule has 1 aromatic carbocycles. The summed E-state index contributed by atoms with van der Waals surface area (Å²) in [5.41, 5.74) is 0.366. The van der Waals surface area contributed by atoms with Gasteiger partial charge in [-0.25, -0.2) is 8.42 Å². The smallest absolute Gasteiger partial charge is 0.237 e. The maximum atomic E-state index is 11.1. The molecule has 0 aliphatic heterocycles. The standard InChI is InChI=1S/C10H13ClO5S/c1-14-7-4-9(15-2)8(6-17(11,12)13)10(5-7)16-3/h4-5H,6H2,1-3H3. The summed E-state index contributed by atoms with van der Waals surface area (Å²) in [6.45, 7) is 0. The molecule has 0 N–H and O–H groups in total. The summed E-state index contributed by atoms with van der Waals surface area (Å²) < 4.78 is 37.5. The van der Waals surface area contributed by atoms with Crippen LogP contribution in [0.3, 0.4) is 0 Å². The maximum absolute atomic E-state index is 11.1. The van der Waals surface area contributed by atoms with Crippen molar-refractivity contribution in [2.45, 2.75) is 5.75 Å². The van der Waals surface area contributed by atoms with Crippen molar-refractivity contribution in [1.82, 2.24) is 0 Å². The highest BCUT2D eigenvalue weighted by Crippen LogP contribution is 2.35. The van der Waals surface area contributed by atoms with Crippen LogP contribution in [0, 0.1) is 0 Å². The summed E-state index contributed by atoms with van der Waals surface area (Å²) in [5.74, 6) is 0.843. The van der Waals surface area contributed by atoms with E-state index in [9.17, 15) is 8.42 Å². The Morgan fingerprint density at radius 2 is 1.53 bits per heavy atom. The van der Waals surface area contributed by atoms with Gasteiger partial charge in [0.1, 0.15) is 17.2 Å². The third-order valence-corrected chi connectivity index (χ3v) is 3.09. The van der Waals surface area contributed by atoms with E-state index in [-0.39, 0.29) is 5.75 Å². The van der Waals surface area contributed by atoms with Gasteiger partial charge >= 0.3 is 0 Å². The molecule has 0 aliphatic rings. The topological polar surface area (TPSA) is 61.8 Å². The van der Waals surface area contributed by atoms with Crippen molar-refractivity contribution in [3.05, 3.63) is 17.7 Å². The average molecular weight is 281 g/mol. The van der Waals surface area contributed by atoms with Crippen LogP contribution in [-0.4, -0.2) is 29.7 Å². The molecule has 96 valence electrons. The third-order valence-electron chi connectivity index (χ3n) is 2.13. The Balaban J connectivity index is 3.34. The predicted molar refractivity (Wildman–Crippen MR) is 64.6 cm³/mol. The monoisotopic (exact) mass is 280 g/mol. The van der Waals surface area contributed by atoms with Crippen molar-refractivity contribution < 1.29 is 22.6 Å². The lowest BCUT2D eigenvalue weighted by Gasteiger charge is -2.13.